The SMILES string of the molecule is Cc1nn(Cc2c(F)cccc2Cl)c(C)c1NC(=O)/C=C/c1cnn(C)c1C. The average molecular weight is 402 g/mol. The van der Waals surface area contributed by atoms with Gasteiger partial charge in [-0.25, -0.2) is 4.39 Å². The van der Waals surface area contributed by atoms with E-state index in [1.807, 2.05) is 20.9 Å². The Kier molecular flexibility index (Phi) is 5.65. The first-order chi connectivity index (χ1) is 13.3. The highest BCUT2D eigenvalue weighted by atomic mass is 35.5. The van der Waals surface area contributed by atoms with Gasteiger partial charge >= 0.3 is 0 Å². The Morgan fingerprint density at radius 1 is 1.29 bits per heavy atom. The standard InChI is InChI=1S/C20H21ClFN5O/c1-12-20(24-19(28)9-8-15-10-23-26(4)13(15)2)14(3)27(25-12)11-16-17(21)6-5-7-18(16)22/h5-10H,11H2,1-4H3,(H,24,28)/b9-8+. The van der Waals surface area contributed by atoms with Gasteiger partial charge in [-0.15, -0.1) is 0 Å². The molecule has 8 heteroatoms. The van der Waals surface area contributed by atoms with E-state index in [0.717, 1.165) is 17.0 Å². The van der Waals surface area contributed by atoms with Gasteiger partial charge in [-0.1, -0.05) is 17.7 Å². The van der Waals surface area contributed by atoms with Crippen molar-refractivity contribution in [2.24, 2.45) is 7.05 Å². The number of hydrogen-bond acceptors (Lipinski definition) is 3. The third-order valence-electron chi connectivity index (χ3n) is 4.69. The fraction of sp³-hybridized carbons (Fsp3) is 0.250. The monoisotopic (exact) mass is 401 g/mol. The van der Waals surface area contributed by atoms with Gasteiger partial charge in [-0.3, -0.25) is 14.2 Å². The lowest BCUT2D eigenvalue weighted by Crippen LogP contribution is -2.10. The predicted octanol–water partition coefficient (Wildman–Crippen LogP) is 4.03. The molecular formula is C20H21ClFN5O. The number of aromatic nitrogens is 4. The summed E-state index contributed by atoms with van der Waals surface area (Å²) in [5, 5.41) is 11.7. The van der Waals surface area contributed by atoms with Crippen LogP contribution in [0.15, 0.2) is 30.5 Å². The molecule has 0 atom stereocenters. The zero-order chi connectivity index (χ0) is 20.4. The summed E-state index contributed by atoms with van der Waals surface area (Å²) in [6.45, 7) is 5.71. The third-order valence-corrected chi connectivity index (χ3v) is 5.04. The molecule has 0 bridgehead atoms. The first-order valence-electron chi connectivity index (χ1n) is 8.72. The maximum atomic E-state index is 14.1. The highest BCUT2D eigenvalue weighted by Gasteiger charge is 2.16. The van der Waals surface area contributed by atoms with Crippen LogP contribution in [0.3, 0.4) is 0 Å². The van der Waals surface area contributed by atoms with Crippen LogP contribution in [0, 0.1) is 26.6 Å². The number of nitrogens with zero attached hydrogens (tertiary/aromatic N) is 4. The van der Waals surface area contributed by atoms with E-state index in [1.54, 1.807) is 40.7 Å². The van der Waals surface area contributed by atoms with E-state index in [-0.39, 0.29) is 18.3 Å². The van der Waals surface area contributed by atoms with E-state index in [0.29, 0.717) is 22.0 Å². The smallest absolute Gasteiger partial charge is 0.248 e. The number of rotatable bonds is 5. The molecule has 2 aromatic heterocycles. The summed E-state index contributed by atoms with van der Waals surface area (Å²) in [6.07, 6.45) is 4.87. The van der Waals surface area contributed by atoms with Crippen molar-refractivity contribution in [3.05, 3.63) is 69.5 Å². The van der Waals surface area contributed by atoms with Crippen LogP contribution >= 0.6 is 11.6 Å². The zero-order valence-corrected chi connectivity index (χ0v) is 16.9. The van der Waals surface area contributed by atoms with Crippen molar-refractivity contribution in [3.8, 4) is 0 Å². The largest absolute Gasteiger partial charge is 0.319 e. The molecule has 28 heavy (non-hydrogen) atoms. The molecule has 1 N–H and O–H groups in total. The minimum atomic E-state index is -0.389. The summed E-state index contributed by atoms with van der Waals surface area (Å²) in [4.78, 5) is 12.3. The first-order valence-corrected chi connectivity index (χ1v) is 9.10. The van der Waals surface area contributed by atoms with Crippen LogP contribution in [0.2, 0.25) is 5.02 Å². The number of nitrogens with one attached hydrogen (secondary N) is 1. The molecule has 0 aliphatic carbocycles. The van der Waals surface area contributed by atoms with Crippen molar-refractivity contribution in [1.82, 2.24) is 19.6 Å². The van der Waals surface area contributed by atoms with Crippen molar-refractivity contribution < 1.29 is 9.18 Å². The summed E-state index contributed by atoms with van der Waals surface area (Å²) in [6, 6.07) is 4.56. The summed E-state index contributed by atoms with van der Waals surface area (Å²) in [5.74, 6) is -0.668. The van der Waals surface area contributed by atoms with Crippen molar-refractivity contribution in [2.75, 3.05) is 5.32 Å². The molecule has 2 heterocycles. The Hall–Kier alpha value is -2.93. The van der Waals surface area contributed by atoms with Crippen molar-refractivity contribution in [2.45, 2.75) is 27.3 Å². The van der Waals surface area contributed by atoms with E-state index in [4.69, 9.17) is 11.6 Å². The second kappa shape index (κ2) is 7.98. The van der Waals surface area contributed by atoms with Crippen LogP contribution in [0.5, 0.6) is 0 Å². The lowest BCUT2D eigenvalue weighted by atomic mass is 10.2. The molecule has 1 aromatic carbocycles. The van der Waals surface area contributed by atoms with E-state index in [9.17, 15) is 9.18 Å². The number of aryl methyl sites for hydroxylation is 2. The molecule has 0 saturated heterocycles. The van der Waals surface area contributed by atoms with Crippen molar-refractivity contribution in [1.29, 1.82) is 0 Å². The van der Waals surface area contributed by atoms with E-state index >= 15 is 0 Å². The molecule has 1 amide bonds. The molecule has 3 rings (SSSR count). The summed E-state index contributed by atoms with van der Waals surface area (Å²) in [7, 11) is 1.84. The topological polar surface area (TPSA) is 64.7 Å². The Morgan fingerprint density at radius 2 is 2.04 bits per heavy atom. The van der Waals surface area contributed by atoms with E-state index < -0.39 is 0 Å². The van der Waals surface area contributed by atoms with Gasteiger partial charge in [0.1, 0.15) is 5.82 Å². The average Bonchev–Trinajstić information content (AvgIpc) is 3.10. The van der Waals surface area contributed by atoms with Gasteiger partial charge in [-0.05, 0) is 39.0 Å². The van der Waals surface area contributed by atoms with Crippen LogP contribution in [0.4, 0.5) is 10.1 Å². The van der Waals surface area contributed by atoms with Crippen molar-refractivity contribution in [3.63, 3.8) is 0 Å². The molecule has 0 spiro atoms. The summed E-state index contributed by atoms with van der Waals surface area (Å²) < 4.78 is 17.4. The molecular weight excluding hydrogens is 381 g/mol. The third kappa shape index (κ3) is 3.99. The fourth-order valence-electron chi connectivity index (χ4n) is 2.87. The number of benzene rings is 1. The maximum absolute atomic E-state index is 14.1. The zero-order valence-electron chi connectivity index (χ0n) is 16.1. The van der Waals surface area contributed by atoms with Gasteiger partial charge in [-0.2, -0.15) is 10.2 Å². The quantitative estimate of drug-likeness (QED) is 0.656. The minimum absolute atomic E-state index is 0.179. The van der Waals surface area contributed by atoms with Crippen LogP contribution in [-0.2, 0) is 18.4 Å². The highest BCUT2D eigenvalue weighted by molar-refractivity contribution is 6.31. The molecule has 0 unspecified atom stereocenters. The lowest BCUT2D eigenvalue weighted by molar-refractivity contribution is -0.111. The van der Waals surface area contributed by atoms with E-state index in [2.05, 4.69) is 15.5 Å². The molecule has 6 nitrogen and oxygen atoms in total. The summed E-state index contributed by atoms with van der Waals surface area (Å²) >= 11 is 6.11. The number of amides is 1. The molecule has 0 aliphatic heterocycles. The van der Waals surface area contributed by atoms with Gasteiger partial charge in [0, 0.05) is 35.0 Å². The molecule has 0 aliphatic rings. The molecule has 0 saturated carbocycles. The van der Waals surface area contributed by atoms with Gasteiger partial charge in [0.05, 0.1) is 29.8 Å². The van der Waals surface area contributed by atoms with Gasteiger partial charge in [0.15, 0.2) is 0 Å². The van der Waals surface area contributed by atoms with Crippen LogP contribution < -0.4 is 5.32 Å². The van der Waals surface area contributed by atoms with Gasteiger partial charge < -0.3 is 5.32 Å². The number of carbonyl (C=O) groups is 1. The maximum Gasteiger partial charge on any atom is 0.248 e. The Bertz CT molecular complexity index is 1050. The number of halogens is 2. The number of hydrogen-bond donors (Lipinski definition) is 1. The van der Waals surface area contributed by atoms with Crippen LogP contribution in [0.1, 0.15) is 28.2 Å². The normalized spacial score (nSPS) is 11.4. The predicted molar refractivity (Wildman–Crippen MR) is 108 cm³/mol. The molecule has 146 valence electrons. The Morgan fingerprint density at radius 3 is 2.68 bits per heavy atom. The molecule has 3 aromatic rings. The van der Waals surface area contributed by atoms with Crippen molar-refractivity contribution >= 4 is 29.3 Å². The Labute approximate surface area is 167 Å². The first kappa shape index (κ1) is 19.8. The second-order valence-corrected chi connectivity index (χ2v) is 6.94. The minimum Gasteiger partial charge on any atom is -0.319 e. The van der Waals surface area contributed by atoms with Gasteiger partial charge in [0.2, 0.25) is 5.91 Å². The number of anilines is 1. The number of carbonyl (C=O) groups excluding carboxylic acids is 1. The lowest BCUT2D eigenvalue weighted by Gasteiger charge is -2.08. The van der Waals surface area contributed by atoms with Crippen LogP contribution in [0.25, 0.3) is 6.08 Å². The second-order valence-electron chi connectivity index (χ2n) is 6.54. The summed E-state index contributed by atoms with van der Waals surface area (Å²) in [5.41, 5.74) is 4.16. The van der Waals surface area contributed by atoms with Gasteiger partial charge in [0.25, 0.3) is 0 Å². The Balaban J connectivity index is 1.78. The molecule has 0 radical (unpaired) electrons. The van der Waals surface area contributed by atoms with Crippen LogP contribution in [-0.4, -0.2) is 25.5 Å². The fourth-order valence-corrected chi connectivity index (χ4v) is 3.10. The van der Waals surface area contributed by atoms with E-state index in [1.165, 1.54) is 12.1 Å². The molecule has 0 fully saturated rings. The highest BCUT2D eigenvalue weighted by Crippen LogP contribution is 2.24.